The number of benzene rings is 2. The molecule has 4 amide bonds. The van der Waals surface area contributed by atoms with Crippen LogP contribution in [0.25, 0.3) is 0 Å². The highest BCUT2D eigenvalue weighted by atomic mass is 16.6. The van der Waals surface area contributed by atoms with Gasteiger partial charge in [0, 0.05) is 20.3 Å². The number of rotatable bonds is 12. The third-order valence-corrected chi connectivity index (χ3v) is 6.62. The van der Waals surface area contributed by atoms with Crippen molar-refractivity contribution >= 4 is 29.6 Å². The maximum absolute atomic E-state index is 13.5. The normalized spacial score (nSPS) is 12.9. The second-order valence-electron chi connectivity index (χ2n) is 12.5. The average molecular weight is 621 g/mol. The first-order valence-electron chi connectivity index (χ1n) is 14.6. The summed E-state index contributed by atoms with van der Waals surface area (Å²) in [6.07, 6.45) is 2.25. The van der Waals surface area contributed by atoms with Crippen LogP contribution in [0, 0.1) is 6.92 Å². The summed E-state index contributed by atoms with van der Waals surface area (Å²) in [4.78, 5) is 58.2. The second kappa shape index (κ2) is 14.8. The number of nitrogens with one attached hydrogen (secondary N) is 3. The fourth-order valence-corrected chi connectivity index (χ4v) is 4.20. The van der Waals surface area contributed by atoms with Crippen molar-refractivity contribution in [2.24, 2.45) is 0 Å². The van der Waals surface area contributed by atoms with E-state index < -0.39 is 41.1 Å². The number of aryl methyl sites for hydroxylation is 1. The van der Waals surface area contributed by atoms with Crippen LogP contribution in [0.3, 0.4) is 0 Å². The van der Waals surface area contributed by atoms with E-state index in [1.54, 1.807) is 45.6 Å². The van der Waals surface area contributed by atoms with Crippen LogP contribution in [0.4, 0.5) is 10.6 Å². The highest BCUT2D eigenvalue weighted by Gasteiger charge is 2.35. The van der Waals surface area contributed by atoms with Gasteiger partial charge in [-0.2, -0.15) is 0 Å². The predicted octanol–water partition coefficient (Wildman–Crippen LogP) is 3.81. The number of anilines is 1. The minimum absolute atomic E-state index is 0.166. The Morgan fingerprint density at radius 2 is 1.60 bits per heavy atom. The topological polar surface area (TPSA) is 144 Å². The molecule has 1 unspecified atom stereocenters. The second-order valence-corrected chi connectivity index (χ2v) is 12.5. The highest BCUT2D eigenvalue weighted by Crippen LogP contribution is 2.23. The zero-order chi connectivity index (χ0) is 33.4. The Morgan fingerprint density at radius 3 is 2.20 bits per heavy atom. The molecule has 0 saturated carbocycles. The summed E-state index contributed by atoms with van der Waals surface area (Å²) < 4.78 is 12.7. The van der Waals surface area contributed by atoms with Crippen molar-refractivity contribution in [3.05, 3.63) is 83.8 Å². The molecule has 2 atom stereocenters. The molecule has 12 heteroatoms. The third-order valence-electron chi connectivity index (χ3n) is 6.62. The van der Waals surface area contributed by atoms with E-state index in [-0.39, 0.29) is 24.9 Å². The van der Waals surface area contributed by atoms with Crippen molar-refractivity contribution in [2.45, 2.75) is 71.4 Å². The first kappa shape index (κ1) is 34.8. The Bertz CT molecular complexity index is 1460. The van der Waals surface area contributed by atoms with Crippen LogP contribution in [-0.4, -0.2) is 76.1 Å². The summed E-state index contributed by atoms with van der Waals surface area (Å²) in [5, 5.41) is 7.95. The molecular weight excluding hydrogens is 576 g/mol. The summed E-state index contributed by atoms with van der Waals surface area (Å²) >= 11 is 0. The minimum Gasteiger partial charge on any atom is -0.444 e. The van der Waals surface area contributed by atoms with Crippen molar-refractivity contribution < 1.29 is 28.7 Å². The van der Waals surface area contributed by atoms with E-state index in [9.17, 15) is 19.2 Å². The van der Waals surface area contributed by atoms with Crippen LogP contribution in [0.15, 0.2) is 67.1 Å². The Kier molecular flexibility index (Phi) is 11.5. The lowest BCUT2D eigenvalue weighted by atomic mass is 10.0. The largest absolute Gasteiger partial charge is 0.444 e. The summed E-state index contributed by atoms with van der Waals surface area (Å²) in [7, 11) is 3.34. The van der Waals surface area contributed by atoms with Gasteiger partial charge in [-0.25, -0.2) is 9.78 Å². The molecule has 0 aliphatic rings. The molecule has 3 aromatic rings. The number of likely N-dealkylation sites (N-methyl/N-ethyl adjacent to an activating group) is 1. The molecule has 0 aliphatic heterocycles. The molecule has 0 fully saturated rings. The minimum atomic E-state index is -1.42. The number of ether oxygens (including phenoxy) is 2. The van der Waals surface area contributed by atoms with Gasteiger partial charge in [0.1, 0.15) is 23.2 Å². The fraction of sp³-hybridized carbons (Fsp3) is 0.424. The van der Waals surface area contributed by atoms with Gasteiger partial charge in [0.05, 0.1) is 19.5 Å². The Hall–Kier alpha value is -4.71. The molecule has 3 rings (SSSR count). The molecule has 0 spiro atoms. The summed E-state index contributed by atoms with van der Waals surface area (Å²) in [6.45, 7) is 10.1. The summed E-state index contributed by atoms with van der Waals surface area (Å²) in [6, 6.07) is 15.1. The van der Waals surface area contributed by atoms with Gasteiger partial charge < -0.3 is 34.9 Å². The Balaban J connectivity index is 1.79. The molecule has 1 heterocycles. The molecule has 0 saturated heterocycles. The maximum atomic E-state index is 13.5. The number of carbonyl (C=O) groups excluding carboxylic acids is 4. The molecule has 1 aromatic heterocycles. The number of amides is 4. The van der Waals surface area contributed by atoms with Crippen LogP contribution in [0.5, 0.6) is 0 Å². The van der Waals surface area contributed by atoms with Gasteiger partial charge in [0.25, 0.3) is 5.91 Å². The van der Waals surface area contributed by atoms with Crippen molar-refractivity contribution in [1.29, 1.82) is 0 Å². The number of imidazole rings is 1. The van der Waals surface area contributed by atoms with Gasteiger partial charge >= 0.3 is 6.09 Å². The highest BCUT2D eigenvalue weighted by molar-refractivity contribution is 5.98. The SMILES string of the molecule is Cc1ccc(C(C(=O)N(C)C)n2cnc(NC(=O)[C@@H](COCc3ccccc3)NC(=O)C(C)(C)NC(=O)OC(C)(C)C)c2)cc1. The van der Waals surface area contributed by atoms with Crippen LogP contribution in [0.1, 0.15) is 57.4 Å². The van der Waals surface area contributed by atoms with E-state index in [1.807, 2.05) is 61.5 Å². The number of alkyl carbamates (subject to hydrolysis) is 1. The summed E-state index contributed by atoms with van der Waals surface area (Å²) in [5.41, 5.74) is 0.523. The first-order chi connectivity index (χ1) is 21.1. The smallest absolute Gasteiger partial charge is 0.408 e. The molecule has 12 nitrogen and oxygen atoms in total. The molecule has 45 heavy (non-hydrogen) atoms. The van der Waals surface area contributed by atoms with E-state index in [4.69, 9.17) is 9.47 Å². The van der Waals surface area contributed by atoms with Crippen molar-refractivity contribution in [1.82, 2.24) is 25.1 Å². The van der Waals surface area contributed by atoms with Crippen LogP contribution < -0.4 is 16.0 Å². The van der Waals surface area contributed by atoms with E-state index in [0.717, 1.165) is 16.7 Å². The Labute approximate surface area is 264 Å². The number of hydrogen-bond acceptors (Lipinski definition) is 7. The molecule has 2 aromatic carbocycles. The van der Waals surface area contributed by atoms with Crippen LogP contribution in [-0.2, 0) is 30.5 Å². The van der Waals surface area contributed by atoms with E-state index in [2.05, 4.69) is 20.9 Å². The number of nitrogens with zero attached hydrogens (tertiary/aromatic N) is 3. The molecule has 3 N–H and O–H groups in total. The van der Waals surface area contributed by atoms with Gasteiger partial charge in [0.15, 0.2) is 5.82 Å². The van der Waals surface area contributed by atoms with Crippen LogP contribution in [0.2, 0.25) is 0 Å². The number of hydrogen-bond donors (Lipinski definition) is 3. The molecule has 0 bridgehead atoms. The standard InChI is InChI=1S/C33H44N6O6/c1-22-14-16-24(17-15-22)27(29(41)38(7)8)39-18-26(34-21-39)36-28(40)25(20-44-19-23-12-10-9-11-13-23)35-30(42)33(5,6)37-31(43)45-32(2,3)4/h9-18,21,25,27H,19-20H2,1-8H3,(H,35,42)(H,36,40)(H,37,43)/t25-,27?/m1/s1. The van der Waals surface area contributed by atoms with Gasteiger partial charge in [-0.1, -0.05) is 60.2 Å². The zero-order valence-corrected chi connectivity index (χ0v) is 27.2. The van der Waals surface area contributed by atoms with E-state index >= 15 is 0 Å². The fourth-order valence-electron chi connectivity index (χ4n) is 4.20. The molecule has 242 valence electrons. The maximum Gasteiger partial charge on any atom is 0.408 e. The van der Waals surface area contributed by atoms with E-state index in [0.29, 0.717) is 0 Å². The number of aromatic nitrogens is 2. The summed E-state index contributed by atoms with van der Waals surface area (Å²) in [5.74, 6) is -1.22. The molecule has 0 radical (unpaired) electrons. The first-order valence-corrected chi connectivity index (χ1v) is 14.6. The van der Waals surface area contributed by atoms with Gasteiger partial charge in [-0.3, -0.25) is 14.4 Å². The lowest BCUT2D eigenvalue weighted by Crippen LogP contribution is -2.59. The predicted molar refractivity (Wildman–Crippen MR) is 170 cm³/mol. The lowest BCUT2D eigenvalue weighted by Gasteiger charge is -2.29. The average Bonchev–Trinajstić information content (AvgIpc) is 3.40. The van der Waals surface area contributed by atoms with E-state index in [1.165, 1.54) is 25.1 Å². The lowest BCUT2D eigenvalue weighted by molar-refractivity contribution is -0.131. The zero-order valence-electron chi connectivity index (χ0n) is 27.2. The van der Waals surface area contributed by atoms with Gasteiger partial charge in [0.2, 0.25) is 11.8 Å². The molecule has 0 aliphatic carbocycles. The quantitative estimate of drug-likeness (QED) is 0.279. The van der Waals surface area contributed by atoms with Crippen molar-refractivity contribution in [3.63, 3.8) is 0 Å². The number of carbonyl (C=O) groups is 4. The third kappa shape index (κ3) is 10.5. The van der Waals surface area contributed by atoms with Gasteiger partial charge in [-0.15, -0.1) is 0 Å². The van der Waals surface area contributed by atoms with Crippen molar-refractivity contribution in [3.8, 4) is 0 Å². The van der Waals surface area contributed by atoms with Gasteiger partial charge in [-0.05, 0) is 52.7 Å². The Morgan fingerprint density at radius 1 is 0.956 bits per heavy atom. The van der Waals surface area contributed by atoms with Crippen LogP contribution >= 0.6 is 0 Å². The molecular formula is C33H44N6O6. The monoisotopic (exact) mass is 620 g/mol. The van der Waals surface area contributed by atoms with Crippen molar-refractivity contribution in [2.75, 3.05) is 26.0 Å².